The largest absolute Gasteiger partial charge is 0.491 e. The second-order valence-corrected chi connectivity index (χ2v) is 7.71. The molecule has 0 spiro atoms. The average Bonchev–Trinajstić information content (AvgIpc) is 3.17. The Morgan fingerprint density at radius 2 is 2.00 bits per heavy atom. The molecule has 0 bridgehead atoms. The highest BCUT2D eigenvalue weighted by Gasteiger charge is 2.16. The molecule has 156 valence electrons. The zero-order valence-electron chi connectivity index (χ0n) is 16.0. The van der Waals surface area contributed by atoms with Gasteiger partial charge in [-0.1, -0.05) is 23.2 Å². The van der Waals surface area contributed by atoms with E-state index in [2.05, 4.69) is 15.2 Å². The Morgan fingerprint density at radius 1 is 1.27 bits per heavy atom. The standard InChI is InChI=1S/C20H17Cl2N3O4S/c1-3-29-15-9-11(8-14(22)17(15)28-2)10-16(19(26)27)30-20-23-18(24-25-20)12-4-6-13(21)7-5-12/h4-10H,3H2,1-2H3,(H,26,27)(H,23,24,25)/b16-10-. The fourth-order valence-corrected chi connectivity index (χ4v) is 3.68. The van der Waals surface area contributed by atoms with Gasteiger partial charge in [-0.3, -0.25) is 5.10 Å². The van der Waals surface area contributed by atoms with Crippen molar-refractivity contribution in [3.63, 3.8) is 0 Å². The molecule has 0 fully saturated rings. The van der Waals surface area contributed by atoms with Gasteiger partial charge < -0.3 is 14.6 Å². The second kappa shape index (κ2) is 9.88. The first-order chi connectivity index (χ1) is 14.4. The van der Waals surface area contributed by atoms with Gasteiger partial charge in [-0.15, -0.1) is 5.10 Å². The number of hydrogen-bond acceptors (Lipinski definition) is 6. The lowest BCUT2D eigenvalue weighted by Gasteiger charge is -2.12. The topological polar surface area (TPSA) is 97.3 Å². The molecular weight excluding hydrogens is 449 g/mol. The first-order valence-electron chi connectivity index (χ1n) is 8.72. The third kappa shape index (κ3) is 5.27. The molecule has 30 heavy (non-hydrogen) atoms. The molecule has 0 saturated carbocycles. The monoisotopic (exact) mass is 465 g/mol. The number of thioether (sulfide) groups is 1. The summed E-state index contributed by atoms with van der Waals surface area (Å²) in [6.45, 7) is 2.24. The molecule has 0 aliphatic carbocycles. The minimum atomic E-state index is -1.12. The van der Waals surface area contributed by atoms with E-state index >= 15 is 0 Å². The van der Waals surface area contributed by atoms with Crippen LogP contribution in [-0.2, 0) is 4.79 Å². The number of benzene rings is 2. The van der Waals surface area contributed by atoms with Crippen LogP contribution in [-0.4, -0.2) is 40.0 Å². The van der Waals surface area contributed by atoms with Crippen molar-refractivity contribution in [2.24, 2.45) is 0 Å². The van der Waals surface area contributed by atoms with Crippen molar-refractivity contribution < 1.29 is 19.4 Å². The highest BCUT2D eigenvalue weighted by atomic mass is 35.5. The molecule has 0 amide bonds. The summed E-state index contributed by atoms with van der Waals surface area (Å²) in [7, 11) is 1.49. The van der Waals surface area contributed by atoms with Crippen LogP contribution < -0.4 is 9.47 Å². The van der Waals surface area contributed by atoms with Gasteiger partial charge in [0.2, 0.25) is 5.16 Å². The molecule has 3 aromatic rings. The fourth-order valence-electron chi connectivity index (χ4n) is 2.55. The summed E-state index contributed by atoms with van der Waals surface area (Å²) in [5, 5.41) is 17.7. The van der Waals surface area contributed by atoms with E-state index in [0.717, 1.165) is 17.3 Å². The Bertz CT molecular complexity index is 1080. The van der Waals surface area contributed by atoms with E-state index in [1.54, 1.807) is 36.4 Å². The van der Waals surface area contributed by atoms with Gasteiger partial charge in [-0.2, -0.15) is 0 Å². The van der Waals surface area contributed by atoms with Gasteiger partial charge in [0.05, 0.1) is 18.7 Å². The normalized spacial score (nSPS) is 11.4. The van der Waals surface area contributed by atoms with E-state index in [1.165, 1.54) is 13.2 Å². The summed E-state index contributed by atoms with van der Waals surface area (Å²) in [5.41, 5.74) is 1.32. The van der Waals surface area contributed by atoms with E-state index in [9.17, 15) is 9.90 Å². The highest BCUT2D eigenvalue weighted by Crippen LogP contribution is 2.38. The maximum Gasteiger partial charge on any atom is 0.342 e. The number of carboxylic acids is 1. The number of aromatic amines is 1. The van der Waals surface area contributed by atoms with Crippen molar-refractivity contribution in [2.45, 2.75) is 12.1 Å². The molecule has 10 heteroatoms. The van der Waals surface area contributed by atoms with Gasteiger partial charge in [0, 0.05) is 10.6 Å². The minimum Gasteiger partial charge on any atom is -0.491 e. The Balaban J connectivity index is 1.89. The molecular formula is C20H17Cl2N3O4S. The number of hydrogen-bond donors (Lipinski definition) is 2. The van der Waals surface area contributed by atoms with Crippen LogP contribution in [0.5, 0.6) is 11.5 Å². The Hall–Kier alpha value is -2.68. The van der Waals surface area contributed by atoms with Crippen molar-refractivity contribution in [3.05, 3.63) is 56.9 Å². The van der Waals surface area contributed by atoms with Crippen LogP contribution >= 0.6 is 35.0 Å². The van der Waals surface area contributed by atoms with Crippen LogP contribution in [0.1, 0.15) is 12.5 Å². The van der Waals surface area contributed by atoms with Gasteiger partial charge in [0.15, 0.2) is 17.3 Å². The third-order valence-corrected chi connectivity index (χ3v) is 5.24. The van der Waals surface area contributed by atoms with E-state index < -0.39 is 5.97 Å². The summed E-state index contributed by atoms with van der Waals surface area (Å²) >= 11 is 13.1. The van der Waals surface area contributed by atoms with Crippen molar-refractivity contribution >= 4 is 47.0 Å². The summed E-state index contributed by atoms with van der Waals surface area (Å²) in [5.74, 6) is 0.200. The number of nitrogens with zero attached hydrogens (tertiary/aromatic N) is 2. The lowest BCUT2D eigenvalue weighted by Crippen LogP contribution is -1.99. The smallest absolute Gasteiger partial charge is 0.342 e. The number of aliphatic carboxylic acids is 1. The minimum absolute atomic E-state index is 0.0142. The van der Waals surface area contributed by atoms with Crippen LogP contribution in [0.3, 0.4) is 0 Å². The molecule has 1 aromatic heterocycles. The van der Waals surface area contributed by atoms with Crippen molar-refractivity contribution in [1.82, 2.24) is 15.2 Å². The molecule has 0 aliphatic heterocycles. The van der Waals surface area contributed by atoms with Gasteiger partial charge >= 0.3 is 5.97 Å². The maximum atomic E-state index is 11.8. The predicted octanol–water partition coefficient (Wildman–Crippen LogP) is 5.40. The van der Waals surface area contributed by atoms with Crippen LogP contribution in [0.25, 0.3) is 17.5 Å². The van der Waals surface area contributed by atoms with Gasteiger partial charge in [-0.05, 0) is 66.7 Å². The molecule has 0 radical (unpaired) electrons. The first-order valence-corrected chi connectivity index (χ1v) is 10.3. The SMILES string of the molecule is CCOc1cc(/C=C(\Sc2n[nH]c(-c3ccc(Cl)cc3)n2)C(=O)O)cc(Cl)c1OC. The first kappa shape index (κ1) is 22.0. The number of halogens is 2. The van der Waals surface area contributed by atoms with Crippen molar-refractivity contribution in [2.75, 3.05) is 13.7 Å². The number of H-pyrrole nitrogens is 1. The third-order valence-electron chi connectivity index (χ3n) is 3.83. The number of carboxylic acid groups (broad SMARTS) is 1. The number of nitrogens with one attached hydrogen (secondary N) is 1. The van der Waals surface area contributed by atoms with Crippen LogP contribution in [0.4, 0.5) is 0 Å². The van der Waals surface area contributed by atoms with E-state index in [1.807, 2.05) is 6.92 Å². The molecule has 1 heterocycles. The maximum absolute atomic E-state index is 11.8. The van der Waals surface area contributed by atoms with Gasteiger partial charge in [0.25, 0.3) is 0 Å². The molecule has 7 nitrogen and oxygen atoms in total. The predicted molar refractivity (Wildman–Crippen MR) is 117 cm³/mol. The summed E-state index contributed by atoms with van der Waals surface area (Å²) in [6.07, 6.45) is 1.47. The summed E-state index contributed by atoms with van der Waals surface area (Å²) in [6, 6.07) is 10.3. The number of methoxy groups -OCH3 is 1. The Labute approximate surface area is 187 Å². The van der Waals surface area contributed by atoms with E-state index in [4.69, 9.17) is 32.7 Å². The molecule has 2 N–H and O–H groups in total. The second-order valence-electron chi connectivity index (χ2n) is 5.86. The quantitative estimate of drug-likeness (QED) is 0.339. The number of rotatable bonds is 8. The molecule has 0 unspecified atom stereocenters. The number of ether oxygens (including phenoxy) is 2. The molecule has 0 saturated heterocycles. The van der Waals surface area contributed by atoms with Crippen LogP contribution in [0, 0.1) is 0 Å². The Kier molecular flexibility index (Phi) is 7.25. The molecule has 3 rings (SSSR count). The lowest BCUT2D eigenvalue weighted by atomic mass is 10.2. The van der Waals surface area contributed by atoms with Crippen molar-refractivity contribution in [1.29, 1.82) is 0 Å². The van der Waals surface area contributed by atoms with Crippen LogP contribution in [0.2, 0.25) is 10.0 Å². The van der Waals surface area contributed by atoms with Gasteiger partial charge in [0.1, 0.15) is 4.91 Å². The zero-order chi connectivity index (χ0) is 21.7. The van der Waals surface area contributed by atoms with Crippen molar-refractivity contribution in [3.8, 4) is 22.9 Å². The molecule has 0 aliphatic rings. The Morgan fingerprint density at radius 3 is 2.63 bits per heavy atom. The van der Waals surface area contributed by atoms with Gasteiger partial charge in [-0.25, -0.2) is 9.78 Å². The zero-order valence-corrected chi connectivity index (χ0v) is 18.3. The number of aromatic nitrogens is 3. The fraction of sp³-hybridized carbons (Fsp3) is 0.150. The number of carbonyl (C=O) groups is 1. The van der Waals surface area contributed by atoms with Crippen LogP contribution in [0.15, 0.2) is 46.5 Å². The molecule has 2 aromatic carbocycles. The van der Waals surface area contributed by atoms with E-state index in [-0.39, 0.29) is 10.1 Å². The highest BCUT2D eigenvalue weighted by molar-refractivity contribution is 8.04. The average molecular weight is 466 g/mol. The molecule has 0 atom stereocenters. The summed E-state index contributed by atoms with van der Waals surface area (Å²) < 4.78 is 10.8. The lowest BCUT2D eigenvalue weighted by molar-refractivity contribution is -0.131. The summed E-state index contributed by atoms with van der Waals surface area (Å²) in [4.78, 5) is 16.1. The van der Waals surface area contributed by atoms with E-state index in [0.29, 0.717) is 39.5 Å².